The number of thiazole rings is 3. The van der Waals surface area contributed by atoms with Gasteiger partial charge in [0.05, 0.1) is 79.1 Å². The van der Waals surface area contributed by atoms with E-state index in [1.807, 2.05) is 203 Å². The molecule has 0 saturated carbocycles. The molecule has 3 atom stereocenters. The van der Waals surface area contributed by atoms with Gasteiger partial charge in [-0.1, -0.05) is 109 Å². The minimum Gasteiger partial charge on any atom is -0.481 e. The molecule has 0 fully saturated rings. The Bertz CT molecular complexity index is 7210. The molecule has 0 amide bonds. The number of hydrogen-bond donors (Lipinski definition) is 3. The minimum atomic E-state index is -4.69. The van der Waals surface area contributed by atoms with Gasteiger partial charge in [-0.25, -0.2) is 49.8 Å². The maximum Gasteiger partial charge on any atom is 0.421 e. The first-order valence-electron chi connectivity index (χ1n) is 37.2. The first-order valence-corrected chi connectivity index (χ1v) is 39.9. The summed E-state index contributed by atoms with van der Waals surface area (Å²) in [5.41, 5.74) is 16.5. The molecule has 13 heterocycles. The fourth-order valence-corrected chi connectivity index (χ4v) is 16.8. The number of methoxy groups -OCH3 is 2. The lowest BCUT2D eigenvalue weighted by atomic mass is 9.97. The Morgan fingerprint density at radius 2 is 0.746 bits per heavy atom. The number of ether oxygens (including phenoxy) is 2. The molecular weight excluding hydrogens is 1550 g/mol. The van der Waals surface area contributed by atoms with E-state index in [1.54, 1.807) is 111 Å². The van der Waals surface area contributed by atoms with Crippen molar-refractivity contribution in [1.82, 2.24) is 68.5 Å². The van der Waals surface area contributed by atoms with Crippen molar-refractivity contribution in [3.8, 4) is 62.2 Å². The predicted octanol–water partition coefficient (Wildman–Crippen LogP) is 20.0. The van der Waals surface area contributed by atoms with Gasteiger partial charge in [0.25, 0.3) is 16.7 Å². The van der Waals surface area contributed by atoms with Crippen LogP contribution >= 0.6 is 34.0 Å². The molecule has 6 aromatic carbocycles. The van der Waals surface area contributed by atoms with E-state index in [0.29, 0.717) is 67.6 Å². The number of aryl methyl sites for hydroxylation is 1. The third kappa shape index (κ3) is 14.8. The third-order valence-corrected chi connectivity index (χ3v) is 22.6. The molecule has 19 rings (SSSR count). The van der Waals surface area contributed by atoms with Crippen LogP contribution in [0.4, 0.5) is 30.6 Å². The summed E-state index contributed by atoms with van der Waals surface area (Å²) in [6.45, 7) is 7.93. The zero-order chi connectivity index (χ0) is 81.3. The summed E-state index contributed by atoms with van der Waals surface area (Å²) in [5.74, 6) is 2.00. The van der Waals surface area contributed by atoms with Crippen molar-refractivity contribution in [3.63, 3.8) is 0 Å². The molecule has 0 saturated heterocycles. The molecule has 0 aliphatic rings. The second-order valence-corrected chi connectivity index (χ2v) is 30.2. The molecular formula is C90H68F3N17O5S3. The number of benzene rings is 6. The van der Waals surface area contributed by atoms with Crippen LogP contribution in [-0.2, 0) is 6.18 Å². The summed E-state index contributed by atoms with van der Waals surface area (Å²) < 4.78 is 59.8. The number of halogens is 3. The largest absolute Gasteiger partial charge is 0.481 e. The van der Waals surface area contributed by atoms with Crippen LogP contribution in [0.25, 0.3) is 125 Å². The van der Waals surface area contributed by atoms with Crippen molar-refractivity contribution in [2.24, 2.45) is 0 Å². The second-order valence-electron chi connectivity index (χ2n) is 27.6. The number of para-hydroxylation sites is 3. The molecule has 28 heteroatoms. The van der Waals surface area contributed by atoms with Gasteiger partial charge in [-0.15, -0.1) is 34.0 Å². The van der Waals surface area contributed by atoms with Crippen LogP contribution in [0.3, 0.4) is 0 Å². The number of nitrogens with one attached hydrogen (secondary N) is 3. The smallest absolute Gasteiger partial charge is 0.421 e. The fraction of sp³-hybridized carbons (Fsp3) is 0.111. The normalized spacial score (nSPS) is 12.3. The van der Waals surface area contributed by atoms with Gasteiger partial charge in [0, 0.05) is 106 Å². The molecule has 0 spiro atoms. The van der Waals surface area contributed by atoms with Crippen LogP contribution in [0.5, 0.6) is 11.8 Å². The molecule has 0 aliphatic carbocycles. The molecule has 582 valence electrons. The number of nitrogens with zero attached hydrogens (tertiary/aromatic N) is 14. The maximum atomic E-state index is 14.4. The molecule has 0 bridgehead atoms. The Labute approximate surface area is 682 Å². The summed E-state index contributed by atoms with van der Waals surface area (Å²) >= 11 is 4.64. The standard InChI is InChI=1S/C30H22F3N5O2S.C30H21N7OS.C30H25N5O2S/c1-17(37-27-26-24(11-12-34-27)41-16-36-26)23-14-18-7-6-10-21(19-13-22(30(31,32)33)28(40-2)35-15-19)25(18)29(39)38(23)20-8-4-3-5-9-20;1-18(36-29-27-25(10-11-32-29)39-17-35-27)24-15-19-6-5-9-22(20-14-23-28(34-16-20)33-13-12-31-23)26(19)30(38)37(24)21-7-3-2-4-8-21;1-18-14-21(16-32-29(18)37-3)23-11-7-8-20-15-24(35(30(36)26(20)23)22-9-5-4-6-10-22)19(2)34-28-27-25(12-13-31-28)38-17-33-27/h3-17H,1-2H3,(H,34,37);2-18H,1H3,(H,32,36);4-17,19H,1-3H3,(H,31,34)/t17-;18-;19-/m000/s1. The van der Waals surface area contributed by atoms with Gasteiger partial charge >= 0.3 is 6.18 Å². The van der Waals surface area contributed by atoms with Crippen LogP contribution in [0.15, 0.2) is 281 Å². The van der Waals surface area contributed by atoms with E-state index in [1.165, 1.54) is 17.5 Å². The van der Waals surface area contributed by atoms with Gasteiger partial charge in [-0.2, -0.15) is 13.2 Å². The van der Waals surface area contributed by atoms with E-state index >= 15 is 0 Å². The average Bonchev–Trinajstić information content (AvgIpc) is 0.864. The van der Waals surface area contributed by atoms with Gasteiger partial charge in [0.1, 0.15) is 27.6 Å². The topological polar surface area (TPSA) is 262 Å². The van der Waals surface area contributed by atoms with Crippen LogP contribution in [0.1, 0.15) is 67.1 Å². The lowest BCUT2D eigenvalue weighted by Crippen LogP contribution is -2.26. The van der Waals surface area contributed by atoms with Crippen molar-refractivity contribution in [1.29, 1.82) is 0 Å². The number of aromatic nitrogens is 14. The van der Waals surface area contributed by atoms with E-state index in [0.717, 1.165) is 105 Å². The number of rotatable bonds is 17. The third-order valence-electron chi connectivity index (χ3n) is 20.2. The van der Waals surface area contributed by atoms with E-state index in [2.05, 4.69) is 82.9 Å². The van der Waals surface area contributed by atoms with Gasteiger partial charge in [0.15, 0.2) is 23.1 Å². The number of hydrogen-bond acceptors (Lipinski definition) is 22. The van der Waals surface area contributed by atoms with Crippen molar-refractivity contribution in [2.75, 3.05) is 30.2 Å². The van der Waals surface area contributed by atoms with Gasteiger partial charge in [-0.3, -0.25) is 33.1 Å². The van der Waals surface area contributed by atoms with Gasteiger partial charge in [0.2, 0.25) is 11.8 Å². The SMILES string of the molecule is COc1ncc(-c2cccc3cc([C@H](C)Nc4nccc5scnc45)n(-c4ccccc4)c(=O)c23)cc1C.COc1ncc(-c2cccc3cc([C@H](C)Nc4nccc5scnc45)n(-c4ccccc4)c(=O)c23)cc1C(F)(F)F.C[C@H](Nc1nccc2scnc12)c1cc2cccc(-c3cnc4nccnc4c3)c2c(=O)n1-c1ccccc1. The van der Waals surface area contributed by atoms with E-state index in [4.69, 9.17) is 9.47 Å². The van der Waals surface area contributed by atoms with Crippen LogP contribution in [0, 0.1) is 6.92 Å². The highest BCUT2D eigenvalue weighted by molar-refractivity contribution is 7.17. The lowest BCUT2D eigenvalue weighted by Gasteiger charge is -2.22. The van der Waals surface area contributed by atoms with E-state index in [9.17, 15) is 27.6 Å². The zero-order valence-electron chi connectivity index (χ0n) is 63.8. The molecule has 13 aromatic heterocycles. The predicted molar refractivity (Wildman–Crippen MR) is 463 cm³/mol. The average molecular weight is 1620 g/mol. The van der Waals surface area contributed by atoms with Crippen molar-refractivity contribution >= 4 is 126 Å². The molecule has 19 aromatic rings. The molecule has 118 heavy (non-hydrogen) atoms. The summed E-state index contributed by atoms with van der Waals surface area (Å²) in [5, 5.41) is 14.2. The first-order chi connectivity index (χ1) is 57.5. The highest BCUT2D eigenvalue weighted by Crippen LogP contribution is 2.41. The zero-order valence-corrected chi connectivity index (χ0v) is 66.2. The monoisotopic (exact) mass is 1620 g/mol. The molecule has 0 unspecified atom stereocenters. The van der Waals surface area contributed by atoms with Gasteiger partial charge < -0.3 is 25.4 Å². The number of fused-ring (bicyclic) bond motifs is 7. The summed E-state index contributed by atoms with van der Waals surface area (Å²) in [6, 6.07) is 61.3. The van der Waals surface area contributed by atoms with Crippen molar-refractivity contribution < 1.29 is 22.6 Å². The van der Waals surface area contributed by atoms with Crippen molar-refractivity contribution in [2.45, 2.75) is 52.0 Å². The van der Waals surface area contributed by atoms with Crippen LogP contribution in [0.2, 0.25) is 0 Å². The first kappa shape index (κ1) is 76.3. The van der Waals surface area contributed by atoms with E-state index < -0.39 is 23.7 Å². The fourth-order valence-electron chi connectivity index (χ4n) is 14.8. The molecule has 0 radical (unpaired) electrons. The van der Waals surface area contributed by atoms with Crippen molar-refractivity contribution in [3.05, 3.63) is 326 Å². The number of pyridine rings is 9. The Hall–Kier alpha value is -14.4. The highest BCUT2D eigenvalue weighted by atomic mass is 32.1. The number of anilines is 3. The summed E-state index contributed by atoms with van der Waals surface area (Å²) in [4.78, 5) is 91.5. The Morgan fingerprint density at radius 3 is 1.13 bits per heavy atom. The molecule has 3 N–H and O–H groups in total. The lowest BCUT2D eigenvalue weighted by molar-refractivity contribution is -0.139. The Kier molecular flexibility index (Phi) is 21.0. The maximum absolute atomic E-state index is 14.4. The highest BCUT2D eigenvalue weighted by Gasteiger charge is 2.36. The second kappa shape index (κ2) is 32.5. The van der Waals surface area contributed by atoms with Crippen LogP contribution < -0.4 is 42.1 Å². The Balaban J connectivity index is 0.000000127. The van der Waals surface area contributed by atoms with E-state index in [-0.39, 0.29) is 39.7 Å². The Morgan fingerprint density at radius 1 is 0.381 bits per heavy atom. The summed E-state index contributed by atoms with van der Waals surface area (Å²) in [7, 11) is 2.74. The number of alkyl halides is 3. The van der Waals surface area contributed by atoms with Crippen LogP contribution in [-0.4, -0.2) is 82.7 Å². The molecule has 22 nitrogen and oxygen atoms in total. The minimum absolute atomic E-state index is 0.0961. The molecule has 0 aliphatic heterocycles. The summed E-state index contributed by atoms with van der Waals surface area (Å²) in [6.07, 6.45) is 8.60. The quantitative estimate of drug-likeness (QED) is 0.0765. The van der Waals surface area contributed by atoms with Gasteiger partial charge in [-0.05, 0) is 152 Å².